The van der Waals surface area contributed by atoms with Crippen LogP contribution in [0.25, 0.3) is 10.8 Å². The number of thioether (sulfide) groups is 1. The van der Waals surface area contributed by atoms with Gasteiger partial charge in [0.2, 0.25) is 11.8 Å². The first kappa shape index (κ1) is 19.7. The molecule has 148 valence electrons. The van der Waals surface area contributed by atoms with Gasteiger partial charge in [-0.2, -0.15) is 0 Å². The van der Waals surface area contributed by atoms with Crippen LogP contribution in [0.4, 0.5) is 5.13 Å². The Morgan fingerprint density at radius 3 is 2.79 bits per heavy atom. The van der Waals surface area contributed by atoms with Crippen LogP contribution in [0.1, 0.15) is 36.3 Å². The van der Waals surface area contributed by atoms with E-state index in [0.29, 0.717) is 17.4 Å². The molecule has 2 aromatic carbocycles. The second-order valence-electron chi connectivity index (χ2n) is 6.67. The molecule has 4 rings (SSSR count). The van der Waals surface area contributed by atoms with Crippen LogP contribution in [0, 0.1) is 0 Å². The summed E-state index contributed by atoms with van der Waals surface area (Å²) in [4.78, 5) is 21.1. The van der Waals surface area contributed by atoms with Crippen molar-refractivity contribution in [2.24, 2.45) is 0 Å². The van der Waals surface area contributed by atoms with Gasteiger partial charge in [0.15, 0.2) is 5.13 Å². The largest absolute Gasteiger partial charge is 0.445 e. The highest BCUT2D eigenvalue weighted by atomic mass is 32.2. The van der Waals surface area contributed by atoms with Crippen molar-refractivity contribution in [2.45, 2.75) is 36.1 Å². The highest BCUT2D eigenvalue weighted by molar-refractivity contribution is 8.01. The number of fused-ring (bicyclic) bond motifs is 1. The van der Waals surface area contributed by atoms with Crippen LogP contribution in [0.5, 0.6) is 0 Å². The van der Waals surface area contributed by atoms with Crippen LogP contribution < -0.4 is 5.32 Å². The average molecular weight is 424 g/mol. The molecule has 0 saturated carbocycles. The lowest BCUT2D eigenvalue weighted by Crippen LogP contribution is -2.14. The predicted octanol–water partition coefficient (Wildman–Crippen LogP) is 5.88. The number of carbonyl (C=O) groups is 1. The Morgan fingerprint density at radius 1 is 1.17 bits per heavy atom. The van der Waals surface area contributed by atoms with E-state index < -0.39 is 0 Å². The van der Waals surface area contributed by atoms with Gasteiger partial charge in [0.05, 0.1) is 28.3 Å². The molecule has 0 fully saturated rings. The fraction of sp³-hybridized carbons (Fsp3) is 0.227. The molecule has 0 bridgehead atoms. The van der Waals surface area contributed by atoms with Crippen LogP contribution in [0.15, 0.2) is 63.5 Å². The zero-order valence-corrected chi connectivity index (χ0v) is 17.8. The molecular formula is C22H21N3O2S2. The smallest absolute Gasteiger partial charge is 0.230 e. The Morgan fingerprint density at radius 2 is 2.00 bits per heavy atom. The average Bonchev–Trinajstić information content (AvgIpc) is 3.37. The number of aromatic nitrogens is 2. The number of anilines is 1. The summed E-state index contributed by atoms with van der Waals surface area (Å²) in [6.07, 6.45) is 4.70. The fourth-order valence-electron chi connectivity index (χ4n) is 2.97. The summed E-state index contributed by atoms with van der Waals surface area (Å²) in [7, 11) is 0. The number of carbonyl (C=O) groups excluding carboxylic acids is 1. The van der Waals surface area contributed by atoms with Crippen molar-refractivity contribution in [2.75, 3.05) is 5.32 Å². The molecule has 1 unspecified atom stereocenters. The quantitative estimate of drug-likeness (QED) is 0.376. The highest BCUT2D eigenvalue weighted by Gasteiger charge is 2.16. The summed E-state index contributed by atoms with van der Waals surface area (Å²) in [5.74, 6) is 1.53. The maximum Gasteiger partial charge on any atom is 0.230 e. The third-order valence-corrected chi connectivity index (χ3v) is 6.61. The molecule has 1 atom stereocenters. The Labute approximate surface area is 177 Å². The highest BCUT2D eigenvalue weighted by Crippen LogP contribution is 2.38. The fourth-order valence-corrected chi connectivity index (χ4v) is 5.07. The van der Waals surface area contributed by atoms with E-state index in [2.05, 4.69) is 33.5 Å². The lowest BCUT2D eigenvalue weighted by molar-refractivity contribution is -0.115. The topological polar surface area (TPSA) is 68.0 Å². The first-order chi connectivity index (χ1) is 14.1. The number of thiazole rings is 1. The van der Waals surface area contributed by atoms with Crippen LogP contribution in [0.2, 0.25) is 0 Å². The van der Waals surface area contributed by atoms with Gasteiger partial charge in [0.25, 0.3) is 0 Å². The van der Waals surface area contributed by atoms with Gasteiger partial charge in [-0.05, 0) is 23.3 Å². The van der Waals surface area contributed by atoms with Gasteiger partial charge in [0.1, 0.15) is 5.76 Å². The van der Waals surface area contributed by atoms with E-state index in [9.17, 15) is 4.79 Å². The zero-order chi connectivity index (χ0) is 20.2. The SMILES string of the molecule is CCc1cnc(C(C)Sc2cnc(NC(=O)Cc3ccc4ccccc4c3)s2)o1. The van der Waals surface area contributed by atoms with E-state index in [0.717, 1.165) is 27.3 Å². The van der Waals surface area contributed by atoms with Crippen molar-refractivity contribution in [1.82, 2.24) is 9.97 Å². The molecule has 5 nitrogen and oxygen atoms in total. The monoisotopic (exact) mass is 423 g/mol. The summed E-state index contributed by atoms with van der Waals surface area (Å²) in [5.41, 5.74) is 0.983. The van der Waals surface area contributed by atoms with Crippen molar-refractivity contribution in [1.29, 1.82) is 0 Å². The van der Waals surface area contributed by atoms with Crippen molar-refractivity contribution >= 4 is 44.9 Å². The molecule has 0 radical (unpaired) electrons. The maximum atomic E-state index is 12.4. The number of hydrogen-bond donors (Lipinski definition) is 1. The van der Waals surface area contributed by atoms with Gasteiger partial charge in [0, 0.05) is 6.42 Å². The molecular weight excluding hydrogens is 402 g/mol. The molecule has 7 heteroatoms. The number of rotatable bonds is 7. The van der Waals surface area contributed by atoms with Crippen LogP contribution in [0.3, 0.4) is 0 Å². The minimum Gasteiger partial charge on any atom is -0.445 e. The molecule has 29 heavy (non-hydrogen) atoms. The number of hydrogen-bond acceptors (Lipinski definition) is 6. The summed E-state index contributed by atoms with van der Waals surface area (Å²) < 4.78 is 6.73. The van der Waals surface area contributed by atoms with Gasteiger partial charge in [-0.15, -0.1) is 11.8 Å². The third kappa shape index (κ3) is 4.86. The second-order valence-corrected chi connectivity index (χ2v) is 9.34. The summed E-state index contributed by atoms with van der Waals surface area (Å²) >= 11 is 3.08. The molecule has 4 aromatic rings. The Hall–Kier alpha value is -2.64. The standard InChI is InChI=1S/C22H21N3O2S2/c1-3-18-12-23-21(27-18)14(2)28-20-13-24-22(29-20)25-19(26)11-15-8-9-16-6-4-5-7-17(16)10-15/h4-10,12-14H,3,11H2,1-2H3,(H,24,25,26). The van der Waals surface area contributed by atoms with E-state index in [1.807, 2.05) is 38.1 Å². The molecule has 1 amide bonds. The normalized spacial score (nSPS) is 12.2. The Kier molecular flexibility index (Phi) is 5.97. The van der Waals surface area contributed by atoms with E-state index >= 15 is 0 Å². The van der Waals surface area contributed by atoms with E-state index in [-0.39, 0.29) is 11.2 Å². The van der Waals surface area contributed by atoms with E-state index in [1.165, 1.54) is 16.7 Å². The number of oxazole rings is 1. The molecule has 2 heterocycles. The first-order valence-electron chi connectivity index (χ1n) is 9.45. The number of nitrogens with one attached hydrogen (secondary N) is 1. The Bertz CT molecular complexity index is 1140. The molecule has 1 N–H and O–H groups in total. The van der Waals surface area contributed by atoms with Crippen LogP contribution in [-0.4, -0.2) is 15.9 Å². The lowest BCUT2D eigenvalue weighted by atomic mass is 10.1. The van der Waals surface area contributed by atoms with Crippen LogP contribution >= 0.6 is 23.1 Å². The van der Waals surface area contributed by atoms with Crippen LogP contribution in [-0.2, 0) is 17.6 Å². The third-order valence-electron chi connectivity index (χ3n) is 4.47. The van der Waals surface area contributed by atoms with E-state index in [1.54, 1.807) is 24.2 Å². The molecule has 2 aromatic heterocycles. The number of amides is 1. The van der Waals surface area contributed by atoms with Crippen molar-refractivity contribution in [3.05, 3.63) is 72.1 Å². The van der Waals surface area contributed by atoms with Crippen molar-refractivity contribution in [3.63, 3.8) is 0 Å². The maximum absolute atomic E-state index is 12.4. The van der Waals surface area contributed by atoms with Gasteiger partial charge in [-0.25, -0.2) is 9.97 Å². The van der Waals surface area contributed by atoms with Gasteiger partial charge in [-0.1, -0.05) is 60.7 Å². The number of nitrogens with zero attached hydrogens (tertiary/aromatic N) is 2. The van der Waals surface area contributed by atoms with E-state index in [4.69, 9.17) is 4.42 Å². The molecule has 0 saturated heterocycles. The molecule has 0 aliphatic carbocycles. The summed E-state index contributed by atoms with van der Waals surface area (Å²) in [6.45, 7) is 4.09. The van der Waals surface area contributed by atoms with Gasteiger partial charge >= 0.3 is 0 Å². The zero-order valence-electron chi connectivity index (χ0n) is 16.2. The molecule has 0 spiro atoms. The molecule has 0 aliphatic rings. The number of aryl methyl sites for hydroxylation is 1. The minimum absolute atomic E-state index is 0.0699. The number of benzene rings is 2. The predicted molar refractivity (Wildman–Crippen MR) is 119 cm³/mol. The minimum atomic E-state index is -0.0699. The van der Waals surface area contributed by atoms with Crippen molar-refractivity contribution in [3.8, 4) is 0 Å². The second kappa shape index (κ2) is 8.80. The summed E-state index contributed by atoms with van der Waals surface area (Å²) in [5, 5.41) is 5.89. The molecule has 0 aliphatic heterocycles. The van der Waals surface area contributed by atoms with Gasteiger partial charge in [-0.3, -0.25) is 4.79 Å². The lowest BCUT2D eigenvalue weighted by Gasteiger charge is -2.05. The van der Waals surface area contributed by atoms with Gasteiger partial charge < -0.3 is 9.73 Å². The van der Waals surface area contributed by atoms with Crippen molar-refractivity contribution < 1.29 is 9.21 Å². The Balaban J connectivity index is 1.35. The summed E-state index contributed by atoms with van der Waals surface area (Å²) in [6, 6.07) is 14.2. The first-order valence-corrected chi connectivity index (χ1v) is 11.1.